The second-order valence-electron chi connectivity index (χ2n) is 28.8. The third kappa shape index (κ3) is 22.9. The number of aliphatic hydroxyl groups excluding tert-OH is 11. The molecule has 5 heterocycles. The summed E-state index contributed by atoms with van der Waals surface area (Å²) in [5.41, 5.74) is -3.58. The topological polar surface area (TPSA) is 737 Å². The van der Waals surface area contributed by atoms with E-state index in [-0.39, 0.29) is 84.9 Å². The minimum atomic E-state index is -5.41. The van der Waals surface area contributed by atoms with Gasteiger partial charge in [0.15, 0.2) is 18.9 Å². The Labute approximate surface area is 713 Å². The maximum absolute atomic E-state index is 14.2. The number of carboxylic acid groups (broad SMARTS) is 1. The summed E-state index contributed by atoms with van der Waals surface area (Å²) in [4.78, 5) is 117. The average molecular weight is 1790 g/mol. The molecule has 21 atom stereocenters. The fourth-order valence-corrected chi connectivity index (χ4v) is 16.2. The molecule has 4 fully saturated rings. The number of amides is 4. The number of benzene rings is 4. The van der Waals surface area contributed by atoms with Crippen LogP contribution in [0.1, 0.15) is 86.1 Å². The molecule has 0 radical (unpaired) electrons. The van der Waals surface area contributed by atoms with Gasteiger partial charge in [-0.2, -0.15) is 25.3 Å². The number of unbranched alkanes of at least 4 members (excludes halogenated alkanes) is 5. The number of carbonyl (C=O) groups is 5. The van der Waals surface area contributed by atoms with Gasteiger partial charge in [-0.15, -0.1) is 0 Å². The number of fused-ring (bicyclic) bond motifs is 1. The molecule has 4 saturated heterocycles. The minimum Gasteiger partial charge on any atom is -0.477 e. The number of anilines is 4. The zero-order valence-electron chi connectivity index (χ0n) is 64.8. The number of carboxylic acids is 1. The fraction of sp³-hybridized carbons (Fsp3) is 0.514. The molecular formula is C72H90N8NaO38S3+. The Kier molecular flexibility index (Phi) is 33.0. The number of nitrogens with one attached hydrogen (secondary N) is 8. The number of aliphatic carboxylic acids is 1. The van der Waals surface area contributed by atoms with Gasteiger partial charge in [0.1, 0.15) is 112 Å². The monoisotopic (exact) mass is 1790 g/mol. The first-order valence-corrected chi connectivity index (χ1v) is 41.6. The third-order valence-corrected chi connectivity index (χ3v) is 23.0. The first-order chi connectivity index (χ1) is 57.0. The van der Waals surface area contributed by atoms with Crippen LogP contribution in [0.5, 0.6) is 0 Å². The molecule has 664 valence electrons. The van der Waals surface area contributed by atoms with Gasteiger partial charge in [-0.25, -0.2) is 9.59 Å². The third-order valence-electron chi connectivity index (χ3n) is 20.3. The maximum Gasteiger partial charge on any atom is 1.00 e. The molecule has 1 unspecified atom stereocenters. The van der Waals surface area contributed by atoms with Gasteiger partial charge in [0.2, 0.25) is 11.8 Å². The quantitative estimate of drug-likeness (QED) is 0.00745. The van der Waals surface area contributed by atoms with Crippen molar-refractivity contribution in [2.24, 2.45) is 0 Å². The summed E-state index contributed by atoms with van der Waals surface area (Å²) in [5, 5.41) is 146. The molecule has 0 aliphatic carbocycles. The summed E-state index contributed by atoms with van der Waals surface area (Å²) in [7, 11) is -15.8. The predicted octanol–water partition coefficient (Wildman–Crippen LogP) is -8.42. The van der Waals surface area contributed by atoms with Crippen LogP contribution < -0.4 is 83.6 Å². The Bertz CT molecular complexity index is 5270. The molecule has 50 heteroatoms. The molecule has 4 aliphatic heterocycles. The van der Waals surface area contributed by atoms with Gasteiger partial charge in [0, 0.05) is 67.6 Å². The Morgan fingerprint density at radius 1 is 0.623 bits per heavy atom. The summed E-state index contributed by atoms with van der Waals surface area (Å²) in [6, 6.07) is 11.8. The van der Waals surface area contributed by atoms with Crippen LogP contribution in [0.2, 0.25) is 0 Å². The van der Waals surface area contributed by atoms with Crippen LogP contribution >= 0.6 is 0 Å². The second kappa shape index (κ2) is 41.3. The molecule has 4 amide bonds. The van der Waals surface area contributed by atoms with Crippen LogP contribution in [0.4, 0.5) is 22.7 Å². The van der Waals surface area contributed by atoms with Crippen LogP contribution in [-0.4, -0.2) is 308 Å². The van der Waals surface area contributed by atoms with E-state index in [2.05, 4.69) is 36.9 Å². The van der Waals surface area contributed by atoms with Crippen molar-refractivity contribution in [1.82, 2.24) is 25.9 Å². The Hall–Kier alpha value is -8.18. The summed E-state index contributed by atoms with van der Waals surface area (Å²) < 4.78 is 151. The van der Waals surface area contributed by atoms with Gasteiger partial charge in [-0.3, -0.25) is 52.2 Å². The summed E-state index contributed by atoms with van der Waals surface area (Å²) in [6.07, 6.45) is -34.9. The van der Waals surface area contributed by atoms with E-state index in [1.165, 1.54) is 31.2 Å². The molecule has 0 saturated carbocycles. The Morgan fingerprint density at radius 2 is 1.23 bits per heavy atom. The van der Waals surface area contributed by atoms with Crippen LogP contribution in [0, 0.1) is 0 Å². The van der Waals surface area contributed by atoms with E-state index in [4.69, 9.17) is 37.9 Å². The number of aromatic amines is 2. The standard InChI is InChI=1S/C72H90N8O38S3.Na/c1-30-53(89)58(94)59(95)68(112-30)116-63-52(80-66(98)39-25-47(88)79-71(101)78-39)67(114-43(29-83)61(63)115-69-60(96)64(55(91)42(28-82)113-69)118-72(70(99)100)26-40(85)49(75-31(2)84)62(117-72)54(90)41(86)27-81)111-22-8-6-4-3-5-7-9-46(87)73-20-21-74-50-51(57(93)56(50)92)76-35-16-14-33(15-17-35)32-10-12-34(13-11-32)65(97)77-38-18-19-44(120(105,106)107)37-23-36(119(102,103)104)24-45(48(37)38)121(108,109)110;/h10-19,23-25,30,40-43,49,52-55,58-64,67-69,74,76,81-83,85-86,89-91,94-96H,3-9,20-22,26-29H2,1-2H3,(H,73,87)(H,75,84)(H,77,97)(H,80,98)(H,99,100)(H,102,103,104)(H,105,106,107)(H,108,109,110)(H2,78,79,88,101);/q;+1/t30-,40-,41+,42+,43+,49+,52+,53+,54+,55-,58+,59-,60+,61+,62?,63+,64-,67+,68-,69-,72-;/m0./s1. The Morgan fingerprint density at radius 3 is 1.84 bits per heavy atom. The normalized spacial score (nSPS) is 27.5. The van der Waals surface area contributed by atoms with Crippen LogP contribution in [0.15, 0.2) is 113 Å². The number of aliphatic hydroxyl groups is 11. The molecule has 46 nitrogen and oxygen atoms in total. The van der Waals surface area contributed by atoms with Gasteiger partial charge in [0.05, 0.1) is 48.7 Å². The molecular weight excluding hydrogens is 1700 g/mol. The zero-order chi connectivity index (χ0) is 88.7. The van der Waals surface area contributed by atoms with Crippen molar-refractivity contribution < 1.29 is 192 Å². The Balaban J connectivity index is 0.0000169. The molecule has 6 aromatic rings. The number of aromatic nitrogens is 2. The van der Waals surface area contributed by atoms with Crippen molar-refractivity contribution in [3.63, 3.8) is 0 Å². The molecule has 5 aromatic carbocycles. The largest absolute Gasteiger partial charge is 1.00 e. The smallest absolute Gasteiger partial charge is 0.477 e. The van der Waals surface area contributed by atoms with E-state index in [0.717, 1.165) is 19.1 Å². The molecule has 23 N–H and O–H groups in total. The zero-order valence-corrected chi connectivity index (χ0v) is 69.2. The molecule has 10 rings (SSSR count). The van der Waals surface area contributed by atoms with Crippen LogP contribution in [0.25, 0.3) is 21.9 Å². The second-order valence-corrected chi connectivity index (χ2v) is 33.0. The van der Waals surface area contributed by atoms with E-state index >= 15 is 0 Å². The van der Waals surface area contributed by atoms with E-state index in [0.29, 0.717) is 67.1 Å². The SMILES string of the molecule is CC(=O)N[C@H]1C([C@H](O)[C@H](O)CO)O[C@@](O[C@H]2[C@@H](O)[C@@H](CO)O[C@@H](O[C@H]3[C@H](O[C@@H]4O[C@@H](C)[C@@H](O)[C@@H](O)[C@@H]4O)[C@@H](NC(=O)c4cc(=O)[nH]c(=O)[nH]4)[C@H](OCCCCCCCCC(=O)NCCNc4c(Nc5ccc(-c6ccc(C(=O)Nc7ccc(S(=O)(=O)O)c8cc(S(=O)(=O)O)cc(S(=O)(=O)O)c78)cc6)cc5)c(=O)c4=O)O[C@@H]3CO)[C@@H]2O)(C(=O)O)C[C@@H]1O.[Na+]. The number of hydrogen-bond donors (Lipinski definition) is 23. The van der Waals surface area contributed by atoms with Crippen LogP contribution in [-0.2, 0) is 82.6 Å². The van der Waals surface area contributed by atoms with E-state index in [1.54, 1.807) is 24.3 Å². The van der Waals surface area contributed by atoms with Crippen LogP contribution in [0.3, 0.4) is 0 Å². The number of H-pyrrole nitrogens is 2. The maximum atomic E-state index is 14.2. The van der Waals surface area contributed by atoms with Crippen molar-refractivity contribution in [1.29, 1.82) is 0 Å². The van der Waals surface area contributed by atoms with Gasteiger partial charge in [0.25, 0.3) is 64.4 Å². The van der Waals surface area contributed by atoms with E-state index in [9.17, 15) is 143 Å². The fourth-order valence-electron chi connectivity index (χ4n) is 14.1. The van der Waals surface area contributed by atoms with Gasteiger partial charge in [-0.1, -0.05) is 49.9 Å². The first-order valence-electron chi connectivity index (χ1n) is 37.3. The van der Waals surface area contributed by atoms with Crippen molar-refractivity contribution in [2.75, 3.05) is 55.5 Å². The summed E-state index contributed by atoms with van der Waals surface area (Å²) in [6.45, 7) is -1.32. The molecule has 4 aliphatic rings. The van der Waals surface area contributed by atoms with Crippen molar-refractivity contribution in [2.45, 2.75) is 208 Å². The minimum absolute atomic E-state index is 0. The predicted molar refractivity (Wildman–Crippen MR) is 410 cm³/mol. The van der Waals surface area contributed by atoms with E-state index < -0.39 is 268 Å². The average Bonchev–Trinajstić information content (AvgIpc) is 0.741. The summed E-state index contributed by atoms with van der Waals surface area (Å²) >= 11 is 0. The summed E-state index contributed by atoms with van der Waals surface area (Å²) in [5.74, 6) is -8.70. The molecule has 0 spiro atoms. The van der Waals surface area contributed by atoms with Crippen molar-refractivity contribution in [3.8, 4) is 11.1 Å². The van der Waals surface area contributed by atoms with Gasteiger partial charge < -0.3 is 136 Å². The number of carbonyl (C=O) groups excluding carboxylic acids is 4. The first kappa shape index (κ1) is 97.6. The van der Waals surface area contributed by atoms with Gasteiger partial charge in [-0.05, 0) is 79.4 Å². The molecule has 0 bridgehead atoms. The molecule has 1 aromatic heterocycles. The van der Waals surface area contributed by atoms with Gasteiger partial charge >= 0.3 is 41.2 Å². The number of ether oxygens (including phenoxy) is 8. The van der Waals surface area contributed by atoms with Crippen molar-refractivity contribution >= 4 is 93.5 Å². The number of rotatable bonds is 37. The van der Waals surface area contributed by atoms with Crippen molar-refractivity contribution in [3.05, 3.63) is 131 Å². The molecule has 122 heavy (non-hydrogen) atoms. The number of hydrogen-bond acceptors (Lipinski definition) is 36. The van der Waals surface area contributed by atoms with E-state index in [1.807, 2.05) is 4.98 Å².